The summed E-state index contributed by atoms with van der Waals surface area (Å²) in [6.07, 6.45) is -2.60. The number of esters is 1. The molecule has 0 aliphatic carbocycles. The fraction of sp³-hybridized carbons (Fsp3) is 0.321. The number of nitrogens with zero attached hydrogens (tertiary/aromatic N) is 3. The van der Waals surface area contributed by atoms with Gasteiger partial charge >= 0.3 is 13.7 Å². The number of aromatic nitrogens is 3. The second kappa shape index (κ2) is 12.2. The summed E-state index contributed by atoms with van der Waals surface area (Å²) in [4.78, 5) is 16.7. The number of nitrogens with one attached hydrogen (secondary N) is 1. The second-order valence-electron chi connectivity index (χ2n) is 10.1. The van der Waals surface area contributed by atoms with Crippen molar-refractivity contribution < 1.29 is 38.1 Å². The summed E-state index contributed by atoms with van der Waals surface area (Å²) in [5.74, 6) is -0.234. The lowest BCUT2D eigenvalue weighted by Gasteiger charge is -2.30. The normalized spacial score (nSPS) is 24.2. The van der Waals surface area contributed by atoms with E-state index in [1.807, 2.05) is 30.3 Å². The van der Waals surface area contributed by atoms with Gasteiger partial charge in [-0.05, 0) is 43.7 Å². The second-order valence-corrected chi connectivity index (χ2v) is 11.8. The summed E-state index contributed by atoms with van der Waals surface area (Å²) in [6.45, 7) is 2.51. The lowest BCUT2D eigenvalue weighted by atomic mass is 9.97. The molecule has 2 aromatic heterocycles. The average molecular weight is 598 g/mol. The molecule has 5 rings (SSSR count). The number of fused-ring (bicyclic) bond motifs is 1. The Kier molecular flexibility index (Phi) is 8.60. The van der Waals surface area contributed by atoms with Crippen LogP contribution in [-0.2, 0) is 30.0 Å². The minimum Gasteiger partial charge on any atom is -0.460 e. The van der Waals surface area contributed by atoms with E-state index in [9.17, 15) is 19.6 Å². The predicted octanol–water partition coefficient (Wildman–Crippen LogP) is 2.79. The van der Waals surface area contributed by atoms with E-state index in [1.165, 1.54) is 24.7 Å². The van der Waals surface area contributed by atoms with Gasteiger partial charge in [0.1, 0.15) is 54.2 Å². The SMILES string of the molecule is C[C@H](NP(=O)(OC[C@@]1(C)O[C@@H](c2ccc3c(N)ncnn23)[C@H](O)[C@@H]1O)Oc1ccccc1)C(=O)OCc1ccccc1. The first-order valence-corrected chi connectivity index (χ1v) is 14.7. The Balaban J connectivity index is 1.31. The van der Waals surface area contributed by atoms with Gasteiger partial charge in [-0.1, -0.05) is 48.5 Å². The van der Waals surface area contributed by atoms with Crippen LogP contribution < -0.4 is 15.3 Å². The molecule has 0 radical (unpaired) electrons. The monoisotopic (exact) mass is 597 g/mol. The third-order valence-electron chi connectivity index (χ3n) is 6.88. The number of hydrogen-bond acceptors (Lipinski definition) is 11. The molecule has 1 fully saturated rings. The fourth-order valence-corrected chi connectivity index (χ4v) is 6.15. The van der Waals surface area contributed by atoms with Crippen LogP contribution in [0.5, 0.6) is 5.75 Å². The maximum atomic E-state index is 14.0. The summed E-state index contributed by atoms with van der Waals surface area (Å²) < 4.78 is 38.4. The third-order valence-corrected chi connectivity index (χ3v) is 8.50. The van der Waals surface area contributed by atoms with E-state index in [0.29, 0.717) is 11.2 Å². The number of rotatable bonds is 11. The number of nitrogen functional groups attached to an aromatic ring is 1. The molecule has 1 saturated heterocycles. The van der Waals surface area contributed by atoms with Gasteiger partial charge in [0, 0.05) is 0 Å². The van der Waals surface area contributed by atoms with Gasteiger partial charge in [-0.25, -0.2) is 14.1 Å². The molecule has 4 aromatic rings. The maximum absolute atomic E-state index is 14.0. The summed E-state index contributed by atoms with van der Waals surface area (Å²) >= 11 is 0. The van der Waals surface area contributed by atoms with Gasteiger partial charge in [-0.15, -0.1) is 0 Å². The van der Waals surface area contributed by atoms with Crippen molar-refractivity contribution in [2.75, 3.05) is 12.3 Å². The molecule has 0 bridgehead atoms. The highest BCUT2D eigenvalue weighted by Crippen LogP contribution is 2.48. The highest BCUT2D eigenvalue weighted by Gasteiger charge is 2.54. The Morgan fingerprint density at radius 2 is 1.83 bits per heavy atom. The van der Waals surface area contributed by atoms with Gasteiger partial charge in [0.2, 0.25) is 0 Å². The number of anilines is 1. The molecule has 222 valence electrons. The zero-order chi connectivity index (χ0) is 29.9. The Bertz CT molecular complexity index is 1570. The molecule has 2 aromatic carbocycles. The fourth-order valence-electron chi connectivity index (χ4n) is 4.57. The van der Waals surface area contributed by atoms with Gasteiger partial charge in [0.15, 0.2) is 5.82 Å². The van der Waals surface area contributed by atoms with Gasteiger partial charge in [-0.2, -0.15) is 10.2 Å². The molecule has 0 spiro atoms. The van der Waals surface area contributed by atoms with Crippen molar-refractivity contribution in [1.82, 2.24) is 19.7 Å². The van der Waals surface area contributed by atoms with Crippen LogP contribution in [-0.4, -0.2) is 61.2 Å². The summed E-state index contributed by atoms with van der Waals surface area (Å²) in [5.41, 5.74) is 6.09. The molecule has 42 heavy (non-hydrogen) atoms. The van der Waals surface area contributed by atoms with E-state index >= 15 is 0 Å². The minimum absolute atomic E-state index is 0.0266. The maximum Gasteiger partial charge on any atom is 0.459 e. The standard InChI is InChI=1S/C28H32N5O8P/c1-18(27(36)38-15-19-9-5-3-6-10-19)32-42(37,41-20-11-7-4-8-12-20)39-16-28(2)25(35)23(34)24(40-28)21-13-14-22-26(29)30-17-31-33(21)22/h3-14,17-18,23-25,34-35H,15-16H2,1-2H3,(H,32,37)(H2,29,30,31)/t18-,23-,24-,25-,28+,42?/m0/s1. The molecule has 3 heterocycles. The molecule has 0 saturated carbocycles. The Morgan fingerprint density at radius 3 is 2.55 bits per heavy atom. The third kappa shape index (κ3) is 6.31. The van der Waals surface area contributed by atoms with E-state index in [0.717, 1.165) is 5.56 Å². The first-order chi connectivity index (χ1) is 20.1. The van der Waals surface area contributed by atoms with Gasteiger partial charge < -0.3 is 29.9 Å². The van der Waals surface area contributed by atoms with Crippen LogP contribution in [0.1, 0.15) is 31.2 Å². The highest BCUT2D eigenvalue weighted by atomic mass is 31.2. The Hall–Kier alpha value is -3.84. The number of benzene rings is 2. The van der Waals surface area contributed by atoms with Gasteiger partial charge in [0.25, 0.3) is 0 Å². The highest BCUT2D eigenvalue weighted by molar-refractivity contribution is 7.52. The van der Waals surface area contributed by atoms with E-state index in [1.54, 1.807) is 42.5 Å². The molecule has 13 nitrogen and oxygen atoms in total. The zero-order valence-corrected chi connectivity index (χ0v) is 23.8. The topological polar surface area (TPSA) is 180 Å². The van der Waals surface area contributed by atoms with Crippen molar-refractivity contribution in [1.29, 1.82) is 0 Å². The van der Waals surface area contributed by atoms with Crippen molar-refractivity contribution in [3.8, 4) is 5.75 Å². The van der Waals surface area contributed by atoms with Crippen LogP contribution in [0.2, 0.25) is 0 Å². The minimum atomic E-state index is -4.28. The number of hydrogen-bond donors (Lipinski definition) is 4. The number of nitrogens with two attached hydrogens (primary N) is 1. The van der Waals surface area contributed by atoms with Gasteiger partial charge in [0.05, 0.1) is 12.3 Å². The van der Waals surface area contributed by atoms with Crippen LogP contribution in [0.25, 0.3) is 5.52 Å². The van der Waals surface area contributed by atoms with Crippen LogP contribution in [0.15, 0.2) is 79.1 Å². The van der Waals surface area contributed by atoms with Crippen molar-refractivity contribution in [2.24, 2.45) is 0 Å². The number of carbonyl (C=O) groups excluding carboxylic acids is 1. The number of para-hydroxylation sites is 1. The summed E-state index contributed by atoms with van der Waals surface area (Å²) in [5, 5.41) is 28.7. The van der Waals surface area contributed by atoms with Crippen LogP contribution in [0, 0.1) is 0 Å². The van der Waals surface area contributed by atoms with E-state index in [4.69, 9.17) is 24.3 Å². The lowest BCUT2D eigenvalue weighted by Crippen LogP contribution is -2.45. The number of aliphatic hydroxyl groups excluding tert-OH is 2. The van der Waals surface area contributed by atoms with Crippen molar-refractivity contribution in [3.05, 3.63) is 90.4 Å². The van der Waals surface area contributed by atoms with E-state index < -0.39 is 50.3 Å². The molecule has 0 amide bonds. The Morgan fingerprint density at radius 1 is 1.14 bits per heavy atom. The molecule has 1 aliphatic heterocycles. The predicted molar refractivity (Wildman–Crippen MR) is 151 cm³/mol. The Labute approximate surface area is 241 Å². The smallest absolute Gasteiger partial charge is 0.459 e. The van der Waals surface area contributed by atoms with Crippen molar-refractivity contribution >= 4 is 25.1 Å². The quantitative estimate of drug-likeness (QED) is 0.147. The van der Waals surface area contributed by atoms with Gasteiger partial charge in [-0.3, -0.25) is 9.32 Å². The number of carbonyl (C=O) groups is 1. The molecular formula is C28H32N5O8P. The molecule has 14 heteroatoms. The zero-order valence-electron chi connectivity index (χ0n) is 22.9. The van der Waals surface area contributed by atoms with Crippen LogP contribution in [0.4, 0.5) is 5.82 Å². The molecule has 5 N–H and O–H groups in total. The first-order valence-electron chi connectivity index (χ1n) is 13.2. The van der Waals surface area contributed by atoms with Crippen molar-refractivity contribution in [2.45, 2.75) is 50.4 Å². The largest absolute Gasteiger partial charge is 0.460 e. The lowest BCUT2D eigenvalue weighted by molar-refractivity contribution is -0.146. The molecular weight excluding hydrogens is 565 g/mol. The summed E-state index contributed by atoms with van der Waals surface area (Å²) in [6, 6.07) is 19.6. The van der Waals surface area contributed by atoms with Crippen LogP contribution in [0.3, 0.4) is 0 Å². The average Bonchev–Trinajstić information content (AvgIpc) is 3.52. The van der Waals surface area contributed by atoms with E-state index in [-0.39, 0.29) is 18.2 Å². The van der Waals surface area contributed by atoms with E-state index in [2.05, 4.69) is 15.2 Å². The molecule has 1 aliphatic rings. The molecule has 6 atom stereocenters. The summed E-state index contributed by atoms with van der Waals surface area (Å²) in [7, 11) is -4.28. The van der Waals surface area contributed by atoms with Crippen LogP contribution >= 0.6 is 7.75 Å². The number of aliphatic hydroxyl groups is 2. The number of ether oxygens (including phenoxy) is 2. The molecule has 1 unspecified atom stereocenters. The van der Waals surface area contributed by atoms with Crippen molar-refractivity contribution in [3.63, 3.8) is 0 Å². The first kappa shape index (κ1) is 29.6.